The zero-order valence-corrected chi connectivity index (χ0v) is 35.1. The van der Waals surface area contributed by atoms with Gasteiger partial charge >= 0.3 is 0 Å². The largest absolute Gasteiger partial charge is 0.507 e. The number of nitrogens with one attached hydrogen (secondary N) is 2. The summed E-state index contributed by atoms with van der Waals surface area (Å²) >= 11 is 1.58. The highest BCUT2D eigenvalue weighted by atomic mass is 32.1. The number of nitrogens with zero attached hydrogens (tertiary/aromatic N) is 5. The number of aliphatic hydroxyl groups excluding tert-OH is 1. The van der Waals surface area contributed by atoms with Crippen LogP contribution in [-0.4, -0.2) is 97.3 Å². The lowest BCUT2D eigenvalue weighted by Crippen LogP contribution is -2.59. The van der Waals surface area contributed by atoms with Crippen molar-refractivity contribution >= 4 is 29.1 Å². The molecule has 0 aliphatic carbocycles. The van der Waals surface area contributed by atoms with Gasteiger partial charge in [0.15, 0.2) is 0 Å². The molecule has 4 heterocycles. The molecule has 4 N–H and O–H groups in total. The van der Waals surface area contributed by atoms with Gasteiger partial charge in [0, 0.05) is 24.1 Å². The van der Waals surface area contributed by atoms with Crippen LogP contribution < -0.4 is 10.6 Å². The van der Waals surface area contributed by atoms with Crippen LogP contribution in [0.2, 0.25) is 0 Å². The molecule has 12 nitrogen and oxygen atoms in total. The van der Waals surface area contributed by atoms with Crippen LogP contribution in [0, 0.1) is 12.3 Å². The lowest BCUT2D eigenvalue weighted by molar-refractivity contribution is -0.144. The molecule has 4 atom stereocenters. The number of benzene rings is 3. The van der Waals surface area contributed by atoms with Gasteiger partial charge < -0.3 is 25.7 Å². The van der Waals surface area contributed by atoms with Crippen LogP contribution in [0.5, 0.6) is 5.75 Å². The molecule has 7 rings (SSSR count). The number of carbonyl (C=O) groups is 3. The lowest BCUT2D eigenvalue weighted by atomic mass is 9.85. The number of carbonyl (C=O) groups excluding carboxylic acids is 3. The molecule has 0 spiro atoms. The second-order valence-electron chi connectivity index (χ2n) is 16.9. The number of phenolic OH excluding ortho intramolecular Hbond substituents is 1. The van der Waals surface area contributed by atoms with Crippen LogP contribution in [0.1, 0.15) is 75.7 Å². The van der Waals surface area contributed by atoms with Gasteiger partial charge in [0.05, 0.1) is 46.7 Å². The van der Waals surface area contributed by atoms with E-state index in [1.165, 1.54) is 10.5 Å². The van der Waals surface area contributed by atoms with Crippen LogP contribution in [0.4, 0.5) is 0 Å². The zero-order chi connectivity index (χ0) is 41.8. The van der Waals surface area contributed by atoms with Crippen molar-refractivity contribution in [3.05, 3.63) is 107 Å². The molecular formula is C46H53N7O5S. The first-order valence-electron chi connectivity index (χ1n) is 20.3. The maximum Gasteiger partial charge on any atom is 0.246 e. The highest BCUT2D eigenvalue weighted by Gasteiger charge is 2.45. The summed E-state index contributed by atoms with van der Waals surface area (Å²) in [5, 5.41) is 35.6. The van der Waals surface area contributed by atoms with Gasteiger partial charge in [0.25, 0.3) is 0 Å². The molecule has 0 bridgehead atoms. The predicted octanol–water partition coefficient (Wildman–Crippen LogP) is 6.50. The Morgan fingerprint density at radius 3 is 2.37 bits per heavy atom. The summed E-state index contributed by atoms with van der Waals surface area (Å²) in [5.41, 5.74) is 8.48. The van der Waals surface area contributed by atoms with Crippen molar-refractivity contribution in [1.29, 1.82) is 0 Å². The van der Waals surface area contributed by atoms with E-state index >= 15 is 0 Å². The highest BCUT2D eigenvalue weighted by Crippen LogP contribution is 2.34. The van der Waals surface area contributed by atoms with E-state index in [4.69, 9.17) is 0 Å². The first-order chi connectivity index (χ1) is 28.2. The van der Waals surface area contributed by atoms with Crippen molar-refractivity contribution < 1.29 is 24.6 Å². The smallest absolute Gasteiger partial charge is 0.246 e. The fourth-order valence-electron chi connectivity index (χ4n) is 8.17. The molecule has 2 fully saturated rings. The van der Waals surface area contributed by atoms with Gasteiger partial charge in [-0.2, -0.15) is 10.2 Å². The Kier molecular flexibility index (Phi) is 12.6. The SMILES string of the molecule is Cc1ncsc1-c1ccc([C@H](C)NC(=O)[C@@H]2C[C@@H](O)CN2C(=O)[C@@H](NC(=O)CN2CCC(c3cccc(-c4cnnc(-c5ccccc5O)c4)c3)CC2)C(C)(C)C)cc1. The fourth-order valence-corrected chi connectivity index (χ4v) is 8.98. The van der Waals surface area contributed by atoms with Crippen molar-refractivity contribution in [2.24, 2.45) is 5.41 Å². The quantitative estimate of drug-likeness (QED) is 0.117. The van der Waals surface area contributed by atoms with Crippen LogP contribution in [0.15, 0.2) is 90.6 Å². The minimum Gasteiger partial charge on any atom is -0.507 e. The van der Waals surface area contributed by atoms with E-state index in [1.54, 1.807) is 29.7 Å². The number of phenols is 1. The van der Waals surface area contributed by atoms with E-state index in [-0.39, 0.29) is 49.0 Å². The fraction of sp³-hybridized carbons (Fsp3) is 0.391. The molecular weight excluding hydrogens is 763 g/mol. The molecule has 59 heavy (non-hydrogen) atoms. The van der Waals surface area contributed by atoms with Gasteiger partial charge in [0.2, 0.25) is 17.7 Å². The molecule has 3 amide bonds. The summed E-state index contributed by atoms with van der Waals surface area (Å²) in [5.74, 6) is -0.511. The van der Waals surface area contributed by atoms with Crippen LogP contribution >= 0.6 is 11.3 Å². The Morgan fingerprint density at radius 2 is 1.68 bits per heavy atom. The zero-order valence-electron chi connectivity index (χ0n) is 34.3. The number of piperidine rings is 1. The summed E-state index contributed by atoms with van der Waals surface area (Å²) in [6.07, 6.45) is 2.73. The Bertz CT molecular complexity index is 2280. The Labute approximate surface area is 349 Å². The van der Waals surface area contributed by atoms with E-state index < -0.39 is 23.6 Å². The predicted molar refractivity (Wildman–Crippen MR) is 229 cm³/mol. The van der Waals surface area contributed by atoms with Gasteiger partial charge in [-0.25, -0.2) is 4.98 Å². The number of aromatic nitrogens is 3. The molecule has 2 aliphatic heterocycles. The topological polar surface area (TPSA) is 161 Å². The average Bonchev–Trinajstić information content (AvgIpc) is 3.85. The number of hydrogen-bond donors (Lipinski definition) is 4. The standard InChI is InChI=1S/C46H53N7O5S/c1-28(30-13-15-32(16-14-30)42-29(2)47-27-59-42)49-44(57)39-23-36(54)25-53(39)45(58)43(46(3,4)5)50-41(56)26-52-19-17-31(18-20-52)33-9-8-10-34(21-33)35-22-38(51-48-24-35)37-11-6-7-12-40(37)55/h6-16,21-22,24,27-28,31,36,39,43,54-55H,17-20,23,25-26H2,1-5H3,(H,49,57)(H,50,56)/t28-,36+,39-,43+/m0/s1. The van der Waals surface area contributed by atoms with E-state index in [2.05, 4.69) is 42.8 Å². The Hall–Kier alpha value is -5.50. The van der Waals surface area contributed by atoms with Gasteiger partial charge in [-0.05, 0) is 91.6 Å². The Balaban J connectivity index is 0.943. The summed E-state index contributed by atoms with van der Waals surface area (Å²) in [6, 6.07) is 23.3. The molecule has 308 valence electrons. The van der Waals surface area contributed by atoms with Crippen LogP contribution in [-0.2, 0) is 14.4 Å². The summed E-state index contributed by atoms with van der Waals surface area (Å²) in [7, 11) is 0. The second kappa shape index (κ2) is 17.8. The molecule has 0 unspecified atom stereocenters. The normalized spacial score (nSPS) is 18.6. The molecule has 2 saturated heterocycles. The number of aromatic hydroxyl groups is 1. The minimum atomic E-state index is -0.898. The number of aliphatic hydroxyl groups is 1. The second-order valence-corrected chi connectivity index (χ2v) is 17.8. The molecule has 2 aliphatic rings. The maximum absolute atomic E-state index is 14.2. The minimum absolute atomic E-state index is 0.0147. The molecule has 2 aromatic heterocycles. The van der Waals surface area contributed by atoms with Crippen molar-refractivity contribution in [3.8, 4) is 38.6 Å². The Morgan fingerprint density at radius 1 is 0.932 bits per heavy atom. The number of para-hydroxylation sites is 1. The van der Waals surface area contributed by atoms with Crippen LogP contribution in [0.25, 0.3) is 32.8 Å². The van der Waals surface area contributed by atoms with E-state index in [0.717, 1.165) is 58.8 Å². The third-order valence-electron chi connectivity index (χ3n) is 11.5. The molecule has 13 heteroatoms. The number of thiazole rings is 1. The number of likely N-dealkylation sites (tertiary alicyclic amines) is 2. The maximum atomic E-state index is 14.2. The van der Waals surface area contributed by atoms with Gasteiger partial charge in [-0.15, -0.1) is 11.3 Å². The van der Waals surface area contributed by atoms with Crippen molar-refractivity contribution in [1.82, 2.24) is 35.6 Å². The molecule has 3 aromatic carbocycles. The molecule has 0 saturated carbocycles. The van der Waals surface area contributed by atoms with Crippen molar-refractivity contribution in [2.45, 2.75) is 84.0 Å². The van der Waals surface area contributed by atoms with Gasteiger partial charge in [0.1, 0.15) is 17.8 Å². The third-order valence-corrected chi connectivity index (χ3v) is 12.5. The number of aryl methyl sites for hydroxylation is 1. The van der Waals surface area contributed by atoms with Crippen LogP contribution in [0.3, 0.4) is 0 Å². The summed E-state index contributed by atoms with van der Waals surface area (Å²) < 4.78 is 0. The lowest BCUT2D eigenvalue weighted by Gasteiger charge is -2.36. The number of amides is 3. The summed E-state index contributed by atoms with van der Waals surface area (Å²) in [6.45, 7) is 11.2. The number of hydrogen-bond acceptors (Lipinski definition) is 10. The number of β-amino-alcohol motifs (C(OH)–C–C–N with tert-alkyl or cyclic N) is 1. The average molecular weight is 816 g/mol. The third kappa shape index (κ3) is 9.70. The van der Waals surface area contributed by atoms with E-state index in [1.807, 2.05) is 94.7 Å². The highest BCUT2D eigenvalue weighted by molar-refractivity contribution is 7.13. The van der Waals surface area contributed by atoms with Crippen molar-refractivity contribution in [2.75, 3.05) is 26.2 Å². The first kappa shape index (κ1) is 41.7. The molecule has 5 aromatic rings. The first-order valence-corrected chi connectivity index (χ1v) is 21.2. The number of rotatable bonds is 11. The molecule has 0 radical (unpaired) electrons. The van der Waals surface area contributed by atoms with Gasteiger partial charge in [-0.3, -0.25) is 19.3 Å². The van der Waals surface area contributed by atoms with E-state index in [9.17, 15) is 24.6 Å². The monoisotopic (exact) mass is 815 g/mol. The summed E-state index contributed by atoms with van der Waals surface area (Å²) in [4.78, 5) is 50.6. The van der Waals surface area contributed by atoms with E-state index in [0.29, 0.717) is 17.2 Å². The van der Waals surface area contributed by atoms with Crippen molar-refractivity contribution in [3.63, 3.8) is 0 Å². The van der Waals surface area contributed by atoms with Gasteiger partial charge in [-0.1, -0.05) is 81.4 Å².